The number of benzene rings is 1. The molecule has 0 N–H and O–H groups in total. The first-order chi connectivity index (χ1) is 8.36. The molecule has 0 aliphatic heterocycles. The molecule has 8 heteroatoms. The molecule has 0 bridgehead atoms. The highest BCUT2D eigenvalue weighted by Gasteiger charge is 2.25. The van der Waals surface area contributed by atoms with Crippen molar-refractivity contribution in [2.45, 2.75) is 25.3 Å². The Morgan fingerprint density at radius 2 is 1.17 bits per heavy atom. The molecule has 18 heavy (non-hydrogen) atoms. The van der Waals surface area contributed by atoms with Crippen molar-refractivity contribution >= 4 is 29.6 Å². The van der Waals surface area contributed by atoms with Gasteiger partial charge in [0, 0.05) is 5.56 Å². The second-order valence-corrected chi connectivity index (χ2v) is 8.88. The molecule has 0 unspecified atom stereocenters. The Bertz CT molecular complexity index is 410. The summed E-state index contributed by atoms with van der Waals surface area (Å²) >= 11 is 11.2. The first kappa shape index (κ1) is 15.7. The van der Waals surface area contributed by atoms with Gasteiger partial charge in [0.15, 0.2) is 23.3 Å². The van der Waals surface area contributed by atoms with Gasteiger partial charge >= 0.3 is 0 Å². The number of unbranched alkanes of at least 4 members (excludes halogenated alkanes) is 1. The lowest BCUT2D eigenvalue weighted by Crippen LogP contribution is -2.07. The summed E-state index contributed by atoms with van der Waals surface area (Å²) in [5.74, 6) is -9.49. The molecule has 0 aromatic heterocycles. The van der Waals surface area contributed by atoms with E-state index in [-0.39, 0.29) is 12.8 Å². The second kappa shape index (κ2) is 6.72. The van der Waals surface area contributed by atoms with E-state index in [0.29, 0.717) is 12.5 Å². The lowest BCUT2D eigenvalue weighted by atomic mass is 10.1. The fourth-order valence-electron chi connectivity index (χ4n) is 1.47. The van der Waals surface area contributed by atoms with Crippen molar-refractivity contribution in [3.05, 3.63) is 34.6 Å². The van der Waals surface area contributed by atoms with E-state index in [0.717, 1.165) is 0 Å². The van der Waals surface area contributed by atoms with Crippen molar-refractivity contribution in [2.75, 3.05) is 0 Å². The van der Waals surface area contributed by atoms with E-state index in [1.807, 2.05) is 0 Å². The van der Waals surface area contributed by atoms with Gasteiger partial charge in [-0.15, -0.1) is 0 Å². The maximum atomic E-state index is 13.2. The van der Waals surface area contributed by atoms with Gasteiger partial charge in [0.05, 0.1) is 0 Å². The molecule has 0 nitrogen and oxygen atoms in total. The van der Waals surface area contributed by atoms with E-state index in [1.54, 1.807) is 0 Å². The first-order valence-electron chi connectivity index (χ1n) is 5.14. The van der Waals surface area contributed by atoms with E-state index in [9.17, 15) is 22.0 Å². The van der Waals surface area contributed by atoms with Crippen molar-refractivity contribution in [1.82, 2.24) is 0 Å². The van der Waals surface area contributed by atoms with Gasteiger partial charge in [0.2, 0.25) is 13.2 Å². The van der Waals surface area contributed by atoms with Crippen LogP contribution in [0.25, 0.3) is 0 Å². The molecule has 0 aliphatic rings. The van der Waals surface area contributed by atoms with Crippen LogP contribution < -0.4 is 0 Å². The lowest BCUT2D eigenvalue weighted by molar-refractivity contribution is 0.369. The van der Waals surface area contributed by atoms with Gasteiger partial charge in [0.25, 0.3) is 0 Å². The monoisotopic (exact) mass is 322 g/mol. The van der Waals surface area contributed by atoms with Crippen molar-refractivity contribution in [2.24, 2.45) is 0 Å². The topological polar surface area (TPSA) is 0 Å². The Morgan fingerprint density at radius 1 is 0.722 bits per heavy atom. The SMILES string of the molecule is Fc1c(F)c(F)c(CCCC[SiH](Cl)Cl)c(F)c1F. The van der Waals surface area contributed by atoms with Crippen LogP contribution in [0.15, 0.2) is 0 Å². The summed E-state index contributed by atoms with van der Waals surface area (Å²) in [7, 11) is -1.80. The molecule has 0 heterocycles. The van der Waals surface area contributed by atoms with Crippen molar-refractivity contribution < 1.29 is 22.0 Å². The van der Waals surface area contributed by atoms with Crippen LogP contribution in [0.2, 0.25) is 6.04 Å². The smallest absolute Gasteiger partial charge is 0.203 e. The van der Waals surface area contributed by atoms with Crippen LogP contribution in [0, 0.1) is 29.1 Å². The van der Waals surface area contributed by atoms with Gasteiger partial charge < -0.3 is 0 Å². The number of hydrogen-bond donors (Lipinski definition) is 0. The molecular formula is C10H9Cl2F5Si. The lowest BCUT2D eigenvalue weighted by Gasteiger charge is -2.08. The maximum absolute atomic E-state index is 13.2. The molecule has 1 aromatic rings. The van der Waals surface area contributed by atoms with Crippen LogP contribution in [-0.4, -0.2) is 7.42 Å². The Kier molecular flexibility index (Phi) is 5.87. The molecule has 0 fully saturated rings. The summed E-state index contributed by atoms with van der Waals surface area (Å²) in [5, 5.41) is 0. The highest BCUT2D eigenvalue weighted by Crippen LogP contribution is 2.24. The summed E-state index contributed by atoms with van der Waals surface area (Å²) in [6.45, 7) is 0. The van der Waals surface area contributed by atoms with Crippen LogP contribution in [0.5, 0.6) is 0 Å². The zero-order chi connectivity index (χ0) is 13.9. The average molecular weight is 323 g/mol. The van der Waals surface area contributed by atoms with Crippen molar-refractivity contribution in [1.29, 1.82) is 0 Å². The molecule has 0 atom stereocenters. The Morgan fingerprint density at radius 3 is 1.61 bits per heavy atom. The minimum Gasteiger partial charge on any atom is -0.203 e. The van der Waals surface area contributed by atoms with Gasteiger partial charge in [-0.2, -0.15) is 22.2 Å². The van der Waals surface area contributed by atoms with Gasteiger partial charge in [-0.25, -0.2) is 22.0 Å². The van der Waals surface area contributed by atoms with Crippen LogP contribution in [0.4, 0.5) is 22.0 Å². The summed E-state index contributed by atoms with van der Waals surface area (Å²) < 4.78 is 64.9. The highest BCUT2D eigenvalue weighted by atomic mass is 35.7. The van der Waals surface area contributed by atoms with Crippen LogP contribution in [0.1, 0.15) is 18.4 Å². The summed E-state index contributed by atoms with van der Waals surface area (Å²) in [5.41, 5.74) is -0.784. The Balaban J connectivity index is 2.83. The predicted octanol–water partition coefficient (Wildman–Crippen LogP) is 4.40. The average Bonchev–Trinajstić information content (AvgIpc) is 2.32. The van der Waals surface area contributed by atoms with Gasteiger partial charge in [-0.1, -0.05) is 6.42 Å². The Labute approximate surface area is 112 Å². The van der Waals surface area contributed by atoms with E-state index in [2.05, 4.69) is 0 Å². The summed E-state index contributed by atoms with van der Waals surface area (Å²) in [4.78, 5) is 0. The fraction of sp³-hybridized carbons (Fsp3) is 0.400. The van der Waals surface area contributed by atoms with E-state index < -0.39 is 42.1 Å². The molecule has 0 aliphatic carbocycles. The van der Waals surface area contributed by atoms with Gasteiger partial charge in [-0.3, -0.25) is 0 Å². The minimum atomic E-state index is -2.14. The molecule has 102 valence electrons. The number of hydrogen-bond acceptors (Lipinski definition) is 0. The second-order valence-electron chi connectivity index (χ2n) is 3.69. The highest BCUT2D eigenvalue weighted by molar-refractivity contribution is 7.33. The number of rotatable bonds is 5. The van der Waals surface area contributed by atoms with Crippen LogP contribution >= 0.6 is 22.2 Å². The molecule has 0 spiro atoms. The summed E-state index contributed by atoms with van der Waals surface area (Å²) in [6, 6.07) is 0.526. The summed E-state index contributed by atoms with van der Waals surface area (Å²) in [6.07, 6.45) is 0.519. The normalized spacial score (nSPS) is 11.3. The molecule has 0 saturated heterocycles. The van der Waals surface area contributed by atoms with Crippen molar-refractivity contribution in [3.8, 4) is 0 Å². The molecule has 0 amide bonds. The molecule has 0 radical (unpaired) electrons. The van der Waals surface area contributed by atoms with Crippen LogP contribution in [0.3, 0.4) is 0 Å². The Hall–Kier alpha value is -0.333. The van der Waals surface area contributed by atoms with Crippen LogP contribution in [-0.2, 0) is 6.42 Å². The van der Waals surface area contributed by atoms with E-state index in [1.165, 1.54) is 0 Å². The molecule has 0 saturated carbocycles. The third-order valence-electron chi connectivity index (χ3n) is 2.40. The van der Waals surface area contributed by atoms with Gasteiger partial charge in [-0.05, 0) is 18.9 Å². The first-order valence-corrected chi connectivity index (χ1v) is 9.45. The fourth-order valence-corrected chi connectivity index (χ4v) is 2.99. The third kappa shape index (κ3) is 3.58. The third-order valence-corrected chi connectivity index (χ3v) is 4.55. The standard InChI is InChI=1S/C10H9Cl2F5Si/c11-18(12)4-2-1-3-5-6(13)8(15)10(17)9(16)7(5)14/h18H,1-4H2. The zero-order valence-electron chi connectivity index (χ0n) is 9.05. The molecule has 1 aromatic carbocycles. The maximum Gasteiger partial charge on any atom is 0.237 e. The zero-order valence-corrected chi connectivity index (χ0v) is 11.7. The molecule has 1 rings (SSSR count). The van der Waals surface area contributed by atoms with E-state index >= 15 is 0 Å². The quantitative estimate of drug-likeness (QED) is 0.188. The molecular weight excluding hydrogens is 314 g/mol. The largest absolute Gasteiger partial charge is 0.237 e. The van der Waals surface area contributed by atoms with Crippen molar-refractivity contribution in [3.63, 3.8) is 0 Å². The van der Waals surface area contributed by atoms with E-state index in [4.69, 9.17) is 22.2 Å². The number of halogens is 7. The minimum absolute atomic E-state index is 0.235. The van der Waals surface area contributed by atoms with Gasteiger partial charge in [0.1, 0.15) is 0 Å². The predicted molar refractivity (Wildman–Crippen MR) is 62.8 cm³/mol.